The molecule has 0 unspecified atom stereocenters. The van der Waals surface area contributed by atoms with Gasteiger partial charge in [0, 0.05) is 6.54 Å². The first-order valence-electron chi connectivity index (χ1n) is 5.59. The molecule has 0 fully saturated rings. The fourth-order valence-electron chi connectivity index (χ4n) is 1.30. The summed E-state index contributed by atoms with van der Waals surface area (Å²) in [6, 6.07) is 6.90. The van der Waals surface area contributed by atoms with Gasteiger partial charge in [0.15, 0.2) is 0 Å². The van der Waals surface area contributed by atoms with Crippen LogP contribution in [0.3, 0.4) is 0 Å². The van der Waals surface area contributed by atoms with E-state index in [0.29, 0.717) is 12.5 Å². The van der Waals surface area contributed by atoms with Gasteiger partial charge in [0.05, 0.1) is 12.4 Å². The van der Waals surface area contributed by atoms with Crippen molar-refractivity contribution < 1.29 is 13.5 Å². The minimum Gasteiger partial charge on any atom is -0.392 e. The Hall–Kier alpha value is -0.910. The van der Waals surface area contributed by atoms with Crippen LogP contribution < -0.4 is 4.72 Å². The lowest BCUT2D eigenvalue weighted by Crippen LogP contribution is -2.28. The van der Waals surface area contributed by atoms with Crippen LogP contribution >= 0.6 is 0 Å². The first-order valence-corrected chi connectivity index (χ1v) is 7.24. The highest BCUT2D eigenvalue weighted by Gasteiger charge is 2.11. The van der Waals surface area contributed by atoms with Crippen molar-refractivity contribution in [3.63, 3.8) is 0 Å². The second-order valence-electron chi connectivity index (χ2n) is 4.48. The molecule has 0 aromatic heterocycles. The average molecular weight is 257 g/mol. The minimum atomic E-state index is -3.26. The molecule has 0 aliphatic heterocycles. The predicted octanol–water partition coefficient (Wildman–Crippen LogP) is 1.25. The van der Waals surface area contributed by atoms with E-state index in [4.69, 9.17) is 5.11 Å². The summed E-state index contributed by atoms with van der Waals surface area (Å²) in [6.45, 7) is 4.34. The van der Waals surface area contributed by atoms with Crippen LogP contribution in [0, 0.1) is 5.92 Å². The molecular weight excluding hydrogens is 238 g/mol. The second kappa shape index (κ2) is 6.14. The zero-order valence-electron chi connectivity index (χ0n) is 10.2. The van der Waals surface area contributed by atoms with E-state index in [9.17, 15) is 8.42 Å². The molecule has 0 heterocycles. The molecule has 0 saturated carbocycles. The Morgan fingerprint density at radius 3 is 2.18 bits per heavy atom. The maximum absolute atomic E-state index is 11.7. The predicted molar refractivity (Wildman–Crippen MR) is 67.8 cm³/mol. The molecule has 1 rings (SSSR count). The van der Waals surface area contributed by atoms with Crippen molar-refractivity contribution in [1.29, 1.82) is 0 Å². The normalized spacial score (nSPS) is 12.0. The number of aliphatic hydroxyl groups excluding tert-OH is 1. The summed E-state index contributed by atoms with van der Waals surface area (Å²) in [4.78, 5) is 0. The van der Waals surface area contributed by atoms with Crippen molar-refractivity contribution >= 4 is 10.0 Å². The molecular formula is C12H19NO3S. The maximum Gasteiger partial charge on any atom is 0.215 e. The highest BCUT2D eigenvalue weighted by atomic mass is 32.2. The Balaban J connectivity index is 2.63. The van der Waals surface area contributed by atoms with Crippen LogP contribution in [0.1, 0.15) is 25.0 Å². The van der Waals surface area contributed by atoms with Gasteiger partial charge in [-0.05, 0) is 17.0 Å². The van der Waals surface area contributed by atoms with Crippen LogP contribution in [0.25, 0.3) is 0 Å². The molecule has 0 aliphatic carbocycles. The van der Waals surface area contributed by atoms with Gasteiger partial charge in [-0.25, -0.2) is 13.1 Å². The van der Waals surface area contributed by atoms with Crippen molar-refractivity contribution in [3.05, 3.63) is 35.4 Å². The molecule has 0 aliphatic rings. The van der Waals surface area contributed by atoms with Gasteiger partial charge in [-0.3, -0.25) is 0 Å². The Labute approximate surface area is 103 Å². The summed E-state index contributed by atoms with van der Waals surface area (Å²) in [5, 5.41) is 8.88. The van der Waals surface area contributed by atoms with Gasteiger partial charge in [0.1, 0.15) is 0 Å². The summed E-state index contributed by atoms with van der Waals surface area (Å²) in [5.41, 5.74) is 1.50. The van der Waals surface area contributed by atoms with E-state index in [1.54, 1.807) is 24.3 Å². The lowest BCUT2D eigenvalue weighted by Gasteiger charge is -2.09. The first kappa shape index (κ1) is 14.2. The molecule has 96 valence electrons. The molecule has 0 atom stereocenters. The van der Waals surface area contributed by atoms with Gasteiger partial charge >= 0.3 is 0 Å². The zero-order chi connectivity index (χ0) is 12.9. The molecule has 0 bridgehead atoms. The van der Waals surface area contributed by atoms with Gasteiger partial charge in [-0.2, -0.15) is 0 Å². The Kier molecular flexibility index (Phi) is 5.11. The van der Waals surface area contributed by atoms with Crippen molar-refractivity contribution in [2.24, 2.45) is 5.92 Å². The molecule has 0 spiro atoms. The quantitative estimate of drug-likeness (QED) is 0.806. The van der Waals surface area contributed by atoms with Gasteiger partial charge in [-0.1, -0.05) is 38.1 Å². The van der Waals surface area contributed by atoms with Crippen LogP contribution in [0.2, 0.25) is 0 Å². The fourth-order valence-corrected chi connectivity index (χ4v) is 2.63. The number of nitrogens with one attached hydrogen (secondary N) is 1. The van der Waals surface area contributed by atoms with Crippen LogP contribution in [0.15, 0.2) is 24.3 Å². The van der Waals surface area contributed by atoms with E-state index < -0.39 is 10.0 Å². The SMILES string of the molecule is CC(C)CNS(=O)(=O)Cc1ccc(CO)cc1. The van der Waals surface area contributed by atoms with Crippen LogP contribution in [0.5, 0.6) is 0 Å². The molecule has 17 heavy (non-hydrogen) atoms. The van der Waals surface area contributed by atoms with Crippen molar-refractivity contribution in [2.45, 2.75) is 26.2 Å². The van der Waals surface area contributed by atoms with Crippen molar-refractivity contribution in [2.75, 3.05) is 6.54 Å². The fraction of sp³-hybridized carbons (Fsp3) is 0.500. The minimum absolute atomic E-state index is 0.0224. The monoisotopic (exact) mass is 257 g/mol. The number of sulfonamides is 1. The summed E-state index contributed by atoms with van der Waals surface area (Å²) < 4.78 is 26.0. The van der Waals surface area contributed by atoms with Gasteiger partial charge in [0.25, 0.3) is 0 Å². The van der Waals surface area contributed by atoms with Crippen molar-refractivity contribution in [3.8, 4) is 0 Å². The third kappa shape index (κ3) is 5.30. The number of aliphatic hydroxyl groups is 1. The Morgan fingerprint density at radius 1 is 1.18 bits per heavy atom. The number of hydrogen-bond donors (Lipinski definition) is 2. The smallest absolute Gasteiger partial charge is 0.215 e. The summed E-state index contributed by atoms with van der Waals surface area (Å²) in [5.74, 6) is 0.271. The average Bonchev–Trinajstić information content (AvgIpc) is 2.27. The van der Waals surface area contributed by atoms with Gasteiger partial charge in [-0.15, -0.1) is 0 Å². The maximum atomic E-state index is 11.7. The first-order chi connectivity index (χ1) is 7.93. The van der Waals surface area contributed by atoms with E-state index in [0.717, 1.165) is 11.1 Å². The van der Waals surface area contributed by atoms with Crippen LogP contribution in [-0.2, 0) is 22.4 Å². The van der Waals surface area contributed by atoms with Crippen molar-refractivity contribution in [1.82, 2.24) is 4.72 Å². The summed E-state index contributed by atoms with van der Waals surface area (Å²) in [7, 11) is -3.26. The highest BCUT2D eigenvalue weighted by Crippen LogP contribution is 2.08. The largest absolute Gasteiger partial charge is 0.392 e. The van der Waals surface area contributed by atoms with Gasteiger partial charge in [0.2, 0.25) is 10.0 Å². The van der Waals surface area contributed by atoms with Crippen LogP contribution in [0.4, 0.5) is 0 Å². The van der Waals surface area contributed by atoms with E-state index in [2.05, 4.69) is 4.72 Å². The van der Waals surface area contributed by atoms with E-state index in [1.807, 2.05) is 13.8 Å². The molecule has 1 aromatic carbocycles. The summed E-state index contributed by atoms with van der Waals surface area (Å²) >= 11 is 0. The lowest BCUT2D eigenvalue weighted by molar-refractivity contribution is 0.282. The topological polar surface area (TPSA) is 66.4 Å². The summed E-state index contributed by atoms with van der Waals surface area (Å²) in [6.07, 6.45) is 0. The second-order valence-corrected chi connectivity index (χ2v) is 6.28. The Bertz CT molecular complexity index is 437. The van der Waals surface area contributed by atoms with E-state index in [1.165, 1.54) is 0 Å². The molecule has 0 radical (unpaired) electrons. The molecule has 0 saturated heterocycles. The zero-order valence-corrected chi connectivity index (χ0v) is 11.0. The van der Waals surface area contributed by atoms with E-state index >= 15 is 0 Å². The number of hydrogen-bond acceptors (Lipinski definition) is 3. The highest BCUT2D eigenvalue weighted by molar-refractivity contribution is 7.88. The molecule has 1 aromatic rings. The van der Waals surface area contributed by atoms with E-state index in [-0.39, 0.29) is 12.4 Å². The molecule has 2 N–H and O–H groups in total. The number of benzene rings is 1. The standard InChI is InChI=1S/C12H19NO3S/c1-10(2)7-13-17(15,16)9-12-5-3-11(8-14)4-6-12/h3-6,10,13-14H,7-9H2,1-2H3. The van der Waals surface area contributed by atoms with Crippen LogP contribution in [-0.4, -0.2) is 20.1 Å². The lowest BCUT2D eigenvalue weighted by atomic mass is 10.2. The number of rotatable bonds is 6. The third-order valence-electron chi connectivity index (χ3n) is 2.27. The third-order valence-corrected chi connectivity index (χ3v) is 3.59. The molecule has 5 heteroatoms. The molecule has 4 nitrogen and oxygen atoms in total. The van der Waals surface area contributed by atoms with Gasteiger partial charge < -0.3 is 5.11 Å². The Morgan fingerprint density at radius 2 is 1.71 bits per heavy atom. The molecule has 0 amide bonds.